The average molecular weight is 465 g/mol. The largest absolute Gasteiger partial charge is 0.495 e. The predicted molar refractivity (Wildman–Crippen MR) is 128 cm³/mol. The normalized spacial score (nSPS) is 14.1. The number of nitrogens with one attached hydrogen (secondary N) is 3. The average Bonchev–Trinajstić information content (AvgIpc) is 2.78. The Hall–Kier alpha value is -2.56. The highest BCUT2D eigenvalue weighted by molar-refractivity contribution is 7.93. The van der Waals surface area contributed by atoms with Gasteiger partial charge in [-0.25, -0.2) is 8.42 Å². The fourth-order valence-electron chi connectivity index (χ4n) is 3.22. The van der Waals surface area contributed by atoms with Gasteiger partial charge < -0.3 is 25.0 Å². The minimum atomic E-state index is -3.92. The van der Waals surface area contributed by atoms with E-state index in [2.05, 4.69) is 15.4 Å². The summed E-state index contributed by atoms with van der Waals surface area (Å²) in [5.41, 5.74) is 1.58. The SMILES string of the molecule is CCCNC(=S)Nc1ccc(N2CCOCC2)c(S(=O)(=O)Nc2ccccc2OC)c1. The zero-order valence-corrected chi connectivity index (χ0v) is 19.3. The summed E-state index contributed by atoms with van der Waals surface area (Å²) >= 11 is 5.30. The Morgan fingerprint density at radius 2 is 1.94 bits per heavy atom. The van der Waals surface area contributed by atoms with Crippen molar-refractivity contribution in [3.8, 4) is 5.75 Å². The molecule has 0 unspecified atom stereocenters. The molecule has 0 aromatic heterocycles. The van der Waals surface area contributed by atoms with Gasteiger partial charge in [-0.1, -0.05) is 19.1 Å². The summed E-state index contributed by atoms with van der Waals surface area (Å²) in [5, 5.41) is 6.60. The number of hydrogen-bond acceptors (Lipinski definition) is 6. The van der Waals surface area contributed by atoms with E-state index in [0.717, 1.165) is 13.0 Å². The Kier molecular flexibility index (Phi) is 7.94. The van der Waals surface area contributed by atoms with Crippen LogP contribution in [0.4, 0.5) is 17.1 Å². The molecule has 3 rings (SSSR count). The lowest BCUT2D eigenvalue weighted by atomic mass is 10.2. The number of anilines is 3. The zero-order chi connectivity index (χ0) is 22.3. The van der Waals surface area contributed by atoms with Gasteiger partial charge in [-0.3, -0.25) is 4.72 Å². The second-order valence-electron chi connectivity index (χ2n) is 6.97. The van der Waals surface area contributed by atoms with E-state index in [1.165, 1.54) is 7.11 Å². The van der Waals surface area contributed by atoms with Gasteiger partial charge in [-0.15, -0.1) is 0 Å². The van der Waals surface area contributed by atoms with Gasteiger partial charge in [0, 0.05) is 25.3 Å². The van der Waals surface area contributed by atoms with Gasteiger partial charge in [0.25, 0.3) is 10.0 Å². The van der Waals surface area contributed by atoms with Gasteiger partial charge in [0.05, 0.1) is 31.7 Å². The third kappa shape index (κ3) is 5.99. The summed E-state index contributed by atoms with van der Waals surface area (Å²) in [6.45, 7) is 5.09. The first kappa shape index (κ1) is 23.1. The summed E-state index contributed by atoms with van der Waals surface area (Å²) in [5.74, 6) is 0.443. The first-order valence-electron chi connectivity index (χ1n) is 10.1. The number of rotatable bonds is 8. The molecule has 0 radical (unpaired) electrons. The second kappa shape index (κ2) is 10.7. The van der Waals surface area contributed by atoms with E-state index in [9.17, 15) is 8.42 Å². The maximum absolute atomic E-state index is 13.4. The van der Waals surface area contributed by atoms with Crippen molar-refractivity contribution in [2.24, 2.45) is 0 Å². The molecular formula is C21H28N4O4S2. The van der Waals surface area contributed by atoms with E-state index in [-0.39, 0.29) is 4.90 Å². The van der Waals surface area contributed by atoms with Crippen molar-refractivity contribution in [2.75, 3.05) is 54.9 Å². The zero-order valence-electron chi connectivity index (χ0n) is 17.7. The van der Waals surface area contributed by atoms with Crippen molar-refractivity contribution >= 4 is 44.4 Å². The van der Waals surface area contributed by atoms with Crippen molar-refractivity contribution in [3.05, 3.63) is 42.5 Å². The molecule has 0 amide bonds. The predicted octanol–water partition coefficient (Wildman–Crippen LogP) is 3.03. The Morgan fingerprint density at radius 3 is 2.65 bits per heavy atom. The number of benzene rings is 2. The van der Waals surface area contributed by atoms with Gasteiger partial charge in [0.2, 0.25) is 0 Å². The van der Waals surface area contributed by atoms with Crippen molar-refractivity contribution < 1.29 is 17.9 Å². The molecule has 8 nitrogen and oxygen atoms in total. The van der Waals surface area contributed by atoms with Crippen LogP contribution in [0.3, 0.4) is 0 Å². The number of para-hydroxylation sites is 2. The molecule has 0 saturated carbocycles. The molecule has 168 valence electrons. The molecule has 1 aliphatic rings. The van der Waals surface area contributed by atoms with Gasteiger partial charge in [0.15, 0.2) is 5.11 Å². The fraction of sp³-hybridized carbons (Fsp3) is 0.381. The minimum Gasteiger partial charge on any atom is -0.495 e. The van der Waals surface area contributed by atoms with Gasteiger partial charge in [-0.2, -0.15) is 0 Å². The Balaban J connectivity index is 1.97. The van der Waals surface area contributed by atoms with Crippen LogP contribution in [0.25, 0.3) is 0 Å². The third-order valence-corrected chi connectivity index (χ3v) is 6.39. The van der Waals surface area contributed by atoms with Gasteiger partial charge in [0.1, 0.15) is 10.6 Å². The topological polar surface area (TPSA) is 91.9 Å². The number of methoxy groups -OCH3 is 1. The number of ether oxygens (including phenoxy) is 2. The summed E-state index contributed by atoms with van der Waals surface area (Å²) in [4.78, 5) is 2.17. The van der Waals surface area contributed by atoms with Crippen molar-refractivity contribution in [1.29, 1.82) is 0 Å². The molecular weight excluding hydrogens is 436 g/mol. The molecule has 1 aliphatic heterocycles. The summed E-state index contributed by atoms with van der Waals surface area (Å²) in [7, 11) is -2.42. The Bertz CT molecular complexity index is 1010. The highest BCUT2D eigenvalue weighted by Gasteiger charge is 2.25. The van der Waals surface area contributed by atoms with E-state index < -0.39 is 10.0 Å². The van der Waals surface area contributed by atoms with E-state index in [4.69, 9.17) is 21.7 Å². The summed E-state index contributed by atoms with van der Waals surface area (Å²) in [6, 6.07) is 12.1. The third-order valence-electron chi connectivity index (χ3n) is 4.75. The first-order valence-corrected chi connectivity index (χ1v) is 12.0. The lowest BCUT2D eigenvalue weighted by molar-refractivity contribution is 0.122. The van der Waals surface area contributed by atoms with Crippen molar-refractivity contribution in [2.45, 2.75) is 18.2 Å². The maximum atomic E-state index is 13.4. The standard InChI is InChI=1S/C21H28N4O4S2/c1-3-10-22-21(30)23-16-8-9-18(25-11-13-29-14-12-25)20(15-16)31(26,27)24-17-6-4-5-7-19(17)28-2/h4-9,15,24H,3,10-14H2,1-2H3,(H2,22,23,30). The van der Waals surface area contributed by atoms with Crippen LogP contribution >= 0.6 is 12.2 Å². The molecule has 3 N–H and O–H groups in total. The molecule has 0 atom stereocenters. The van der Waals surface area contributed by atoms with E-state index >= 15 is 0 Å². The molecule has 31 heavy (non-hydrogen) atoms. The monoisotopic (exact) mass is 464 g/mol. The van der Waals surface area contributed by atoms with Crippen molar-refractivity contribution in [3.63, 3.8) is 0 Å². The number of sulfonamides is 1. The highest BCUT2D eigenvalue weighted by Crippen LogP contribution is 2.32. The molecule has 2 aromatic carbocycles. The lowest BCUT2D eigenvalue weighted by Crippen LogP contribution is -2.37. The van der Waals surface area contributed by atoms with E-state index in [0.29, 0.717) is 54.2 Å². The van der Waals surface area contributed by atoms with Gasteiger partial charge in [-0.05, 0) is 49.0 Å². The van der Waals surface area contributed by atoms with Crippen LogP contribution in [0.15, 0.2) is 47.4 Å². The molecule has 1 heterocycles. The van der Waals surface area contributed by atoms with Crippen LogP contribution in [-0.4, -0.2) is 53.5 Å². The molecule has 1 saturated heterocycles. The van der Waals surface area contributed by atoms with Crippen LogP contribution in [0.5, 0.6) is 5.75 Å². The quantitative estimate of drug-likeness (QED) is 0.514. The van der Waals surface area contributed by atoms with Crippen LogP contribution < -0.4 is 25.0 Å². The maximum Gasteiger partial charge on any atom is 0.264 e. The van der Waals surface area contributed by atoms with Crippen LogP contribution in [0.1, 0.15) is 13.3 Å². The van der Waals surface area contributed by atoms with Crippen molar-refractivity contribution in [1.82, 2.24) is 5.32 Å². The Labute approximate surface area is 189 Å². The summed E-state index contributed by atoms with van der Waals surface area (Å²) < 4.78 is 40.3. The highest BCUT2D eigenvalue weighted by atomic mass is 32.2. The molecule has 10 heteroatoms. The molecule has 0 spiro atoms. The number of thiocarbonyl (C=S) groups is 1. The smallest absolute Gasteiger partial charge is 0.264 e. The number of hydrogen-bond donors (Lipinski definition) is 3. The first-order chi connectivity index (χ1) is 14.9. The number of morpholine rings is 1. The Morgan fingerprint density at radius 1 is 1.19 bits per heavy atom. The molecule has 2 aromatic rings. The van der Waals surface area contributed by atoms with Crippen LogP contribution in [0.2, 0.25) is 0 Å². The molecule has 0 bridgehead atoms. The lowest BCUT2D eigenvalue weighted by Gasteiger charge is -2.30. The summed E-state index contributed by atoms with van der Waals surface area (Å²) in [6.07, 6.45) is 0.931. The second-order valence-corrected chi connectivity index (χ2v) is 9.03. The minimum absolute atomic E-state index is 0.156. The van der Waals surface area contributed by atoms with E-state index in [1.54, 1.807) is 36.4 Å². The van der Waals surface area contributed by atoms with E-state index in [1.807, 2.05) is 17.9 Å². The number of nitrogens with zero attached hydrogens (tertiary/aromatic N) is 1. The van der Waals surface area contributed by atoms with Crippen LogP contribution in [-0.2, 0) is 14.8 Å². The van der Waals surface area contributed by atoms with Crippen LogP contribution in [0, 0.1) is 0 Å². The fourth-order valence-corrected chi connectivity index (χ4v) is 4.76. The molecule has 0 aliphatic carbocycles. The van der Waals surface area contributed by atoms with Gasteiger partial charge >= 0.3 is 0 Å². The molecule has 1 fully saturated rings.